The van der Waals surface area contributed by atoms with Crippen LogP contribution in [0.25, 0.3) is 0 Å². The molecule has 7 nitrogen and oxygen atoms in total. The van der Waals surface area contributed by atoms with Crippen molar-refractivity contribution in [2.45, 2.75) is 95.6 Å². The van der Waals surface area contributed by atoms with E-state index >= 15 is 0 Å². The minimum atomic E-state index is -0.773. The van der Waals surface area contributed by atoms with Crippen LogP contribution < -0.4 is 5.32 Å². The molecule has 7 heteroatoms. The highest BCUT2D eigenvalue weighted by Gasteiger charge is 2.61. The predicted octanol–water partition coefficient (Wildman–Crippen LogP) is 3.94. The summed E-state index contributed by atoms with van der Waals surface area (Å²) in [5, 5.41) is 3.43. The van der Waals surface area contributed by atoms with E-state index in [0.717, 1.165) is 76.6 Å². The molecule has 0 bridgehead atoms. The highest BCUT2D eigenvalue weighted by atomic mass is 16.5. The molecule has 3 aliphatic heterocycles. The lowest BCUT2D eigenvalue weighted by Crippen LogP contribution is -2.49. The van der Waals surface area contributed by atoms with Crippen LogP contribution in [0.5, 0.6) is 0 Å². The number of nitrogens with zero attached hydrogens (tertiary/aromatic N) is 2. The molecule has 1 aliphatic carbocycles. The van der Waals surface area contributed by atoms with Crippen molar-refractivity contribution in [1.29, 1.82) is 0 Å². The van der Waals surface area contributed by atoms with Gasteiger partial charge >= 0.3 is 5.97 Å². The second kappa shape index (κ2) is 11.6. The monoisotopic (exact) mass is 485 g/mol. The van der Waals surface area contributed by atoms with Gasteiger partial charge in [0.05, 0.1) is 12.6 Å². The maximum Gasteiger partial charge on any atom is 0.332 e. The maximum atomic E-state index is 13.8. The molecular weight excluding hydrogens is 442 g/mol. The Morgan fingerprint density at radius 3 is 2.63 bits per heavy atom. The van der Waals surface area contributed by atoms with Gasteiger partial charge in [-0.1, -0.05) is 31.6 Å². The summed E-state index contributed by atoms with van der Waals surface area (Å²) in [6, 6.07) is -0.156. The predicted molar refractivity (Wildman–Crippen MR) is 135 cm³/mol. The second-order valence-corrected chi connectivity index (χ2v) is 10.8. The fraction of sp³-hybridized carbons (Fsp3) is 0.750. The van der Waals surface area contributed by atoms with Crippen molar-refractivity contribution in [2.75, 3.05) is 26.2 Å². The van der Waals surface area contributed by atoms with Crippen molar-refractivity contribution in [1.82, 2.24) is 15.1 Å². The Morgan fingerprint density at radius 2 is 1.86 bits per heavy atom. The number of hydrogen-bond donors (Lipinski definition) is 1. The first-order valence-corrected chi connectivity index (χ1v) is 13.9. The topological polar surface area (TPSA) is 79.0 Å². The van der Waals surface area contributed by atoms with Gasteiger partial charge in [-0.25, -0.2) is 4.79 Å². The molecule has 4 atom stereocenters. The van der Waals surface area contributed by atoms with Crippen LogP contribution in [-0.2, 0) is 19.1 Å². The van der Waals surface area contributed by atoms with E-state index in [9.17, 15) is 14.4 Å². The van der Waals surface area contributed by atoms with Crippen LogP contribution in [0, 0.1) is 11.8 Å². The van der Waals surface area contributed by atoms with E-state index in [0.29, 0.717) is 26.0 Å². The number of carbonyl (C=O) groups is 3. The molecular formula is C28H43N3O4. The lowest BCUT2D eigenvalue weighted by molar-refractivity contribution is -0.147. The van der Waals surface area contributed by atoms with Crippen LogP contribution in [-0.4, -0.2) is 65.4 Å². The van der Waals surface area contributed by atoms with Crippen molar-refractivity contribution in [2.24, 2.45) is 11.8 Å². The number of amides is 2. The number of carbonyl (C=O) groups excluding carboxylic acids is 3. The smallest absolute Gasteiger partial charge is 0.332 e. The first-order valence-electron chi connectivity index (χ1n) is 13.9. The van der Waals surface area contributed by atoms with Gasteiger partial charge in [0.2, 0.25) is 11.8 Å². The molecule has 0 aromatic heterocycles. The van der Waals surface area contributed by atoms with Crippen LogP contribution in [0.15, 0.2) is 24.4 Å². The number of likely N-dealkylation sites (tertiary alicyclic amines) is 1. The second-order valence-electron chi connectivity index (χ2n) is 10.8. The average Bonchev–Trinajstić information content (AvgIpc) is 3.32. The number of piperidine rings is 1. The summed E-state index contributed by atoms with van der Waals surface area (Å²) in [6.07, 6.45) is 15.1. The summed E-state index contributed by atoms with van der Waals surface area (Å²) in [7, 11) is 0. The Bertz CT molecular complexity index is 834. The number of esters is 1. The molecule has 0 aromatic carbocycles. The molecule has 2 amide bonds. The average molecular weight is 486 g/mol. The zero-order valence-corrected chi connectivity index (χ0v) is 21.4. The number of ether oxygens (including phenoxy) is 1. The third-order valence-electron chi connectivity index (χ3n) is 8.25. The summed E-state index contributed by atoms with van der Waals surface area (Å²) in [5.74, 6) is -0.235. The fourth-order valence-corrected chi connectivity index (χ4v) is 6.09. The Labute approximate surface area is 210 Å². The molecule has 1 N–H and O–H groups in total. The van der Waals surface area contributed by atoms with Crippen LogP contribution in [0.4, 0.5) is 0 Å². The summed E-state index contributed by atoms with van der Waals surface area (Å²) in [5.41, 5.74) is -0.0548. The minimum Gasteiger partial charge on any atom is -0.464 e. The van der Waals surface area contributed by atoms with Gasteiger partial charge in [-0.3, -0.25) is 9.59 Å². The Kier molecular flexibility index (Phi) is 8.55. The normalized spacial score (nSPS) is 33.0. The Balaban J connectivity index is 1.51. The number of hydrogen-bond acceptors (Lipinski definition) is 5. The highest BCUT2D eigenvalue weighted by Crippen LogP contribution is 2.47. The molecule has 1 saturated carbocycles. The molecule has 0 radical (unpaired) electrons. The summed E-state index contributed by atoms with van der Waals surface area (Å²) in [6.45, 7) is 8.76. The quantitative estimate of drug-likeness (QED) is 0.482. The minimum absolute atomic E-state index is 0.0753. The van der Waals surface area contributed by atoms with Crippen molar-refractivity contribution in [3.8, 4) is 0 Å². The molecule has 194 valence electrons. The number of allylic oxidation sites excluding steroid dienone is 1. The largest absolute Gasteiger partial charge is 0.464 e. The molecule has 4 rings (SSSR count). The van der Waals surface area contributed by atoms with E-state index in [-0.39, 0.29) is 35.7 Å². The van der Waals surface area contributed by atoms with Crippen LogP contribution in [0.3, 0.4) is 0 Å². The first kappa shape index (κ1) is 25.8. The zero-order valence-electron chi connectivity index (χ0n) is 21.4. The van der Waals surface area contributed by atoms with E-state index < -0.39 is 5.54 Å². The van der Waals surface area contributed by atoms with Gasteiger partial charge in [-0.15, -0.1) is 0 Å². The zero-order chi connectivity index (χ0) is 24.8. The fourth-order valence-electron chi connectivity index (χ4n) is 6.09. The lowest BCUT2D eigenvalue weighted by Gasteiger charge is -2.33. The SMILES string of the molecule is C=C1NC2(C(=O)OCC)CC2/C=C\CCCCC[C@@H](CC(=O)N2CCCCC2)C(=O)N2CCC[C@@H]12. The van der Waals surface area contributed by atoms with Crippen molar-refractivity contribution in [3.63, 3.8) is 0 Å². The Hall–Kier alpha value is -2.31. The van der Waals surface area contributed by atoms with E-state index in [1.54, 1.807) is 0 Å². The molecule has 0 aromatic rings. The van der Waals surface area contributed by atoms with Crippen LogP contribution >= 0.6 is 0 Å². The van der Waals surface area contributed by atoms with Gasteiger partial charge in [-0.05, 0) is 64.7 Å². The third-order valence-corrected chi connectivity index (χ3v) is 8.25. The van der Waals surface area contributed by atoms with E-state index in [1.807, 2.05) is 16.7 Å². The molecule has 4 aliphatic rings. The van der Waals surface area contributed by atoms with Gasteiger partial charge in [0.15, 0.2) is 0 Å². The van der Waals surface area contributed by atoms with Gasteiger partial charge in [0.1, 0.15) is 5.54 Å². The lowest BCUT2D eigenvalue weighted by atomic mass is 9.94. The van der Waals surface area contributed by atoms with Gasteiger partial charge < -0.3 is 19.9 Å². The molecule has 3 heterocycles. The molecule has 0 spiro atoms. The van der Waals surface area contributed by atoms with Crippen molar-refractivity contribution >= 4 is 17.8 Å². The molecule has 2 saturated heterocycles. The standard InChI is InChI=1S/C28H43N3O4/c1-3-35-27(34)28-20-23(28)14-9-6-4-5-8-13-22(19-25(32)30-16-10-7-11-17-30)26(33)31-18-12-15-24(31)21(2)29-28/h9,14,22-24,29H,2-8,10-13,15-20H2,1H3/b14-9-/t22-,23?,24-,28?/m0/s1. The number of nitrogens with one attached hydrogen (secondary N) is 1. The highest BCUT2D eigenvalue weighted by molar-refractivity contribution is 5.87. The molecule has 2 unspecified atom stereocenters. The van der Waals surface area contributed by atoms with Gasteiger partial charge in [-0.2, -0.15) is 0 Å². The van der Waals surface area contributed by atoms with Crippen molar-refractivity contribution < 1.29 is 19.1 Å². The number of fused-ring (bicyclic) bond motifs is 2. The Morgan fingerprint density at radius 1 is 1.09 bits per heavy atom. The van der Waals surface area contributed by atoms with E-state index in [4.69, 9.17) is 4.74 Å². The van der Waals surface area contributed by atoms with Crippen LogP contribution in [0.2, 0.25) is 0 Å². The summed E-state index contributed by atoms with van der Waals surface area (Å²) < 4.78 is 5.42. The number of rotatable bonds is 4. The third kappa shape index (κ3) is 5.92. The summed E-state index contributed by atoms with van der Waals surface area (Å²) in [4.78, 5) is 43.7. The van der Waals surface area contributed by atoms with Crippen LogP contribution in [0.1, 0.15) is 84.0 Å². The van der Waals surface area contributed by atoms with E-state index in [2.05, 4.69) is 24.0 Å². The first-order chi connectivity index (χ1) is 17.0. The van der Waals surface area contributed by atoms with Gasteiger partial charge in [0.25, 0.3) is 0 Å². The van der Waals surface area contributed by atoms with Gasteiger partial charge in [0, 0.05) is 43.6 Å². The van der Waals surface area contributed by atoms with Crippen molar-refractivity contribution in [3.05, 3.63) is 24.4 Å². The van der Waals surface area contributed by atoms with E-state index in [1.165, 1.54) is 6.42 Å². The molecule has 35 heavy (non-hydrogen) atoms. The summed E-state index contributed by atoms with van der Waals surface area (Å²) >= 11 is 0. The maximum absolute atomic E-state index is 13.8. The molecule has 3 fully saturated rings.